The van der Waals surface area contributed by atoms with Crippen LogP contribution in [0.4, 0.5) is 0 Å². The largest absolute Gasteiger partial charge is 0.463 e. The van der Waals surface area contributed by atoms with Crippen molar-refractivity contribution in [2.45, 2.75) is 20.8 Å². The number of hydrogen-bond donors (Lipinski definition) is 0. The molecule has 0 bridgehead atoms. The quantitative estimate of drug-likeness (QED) is 0.355. The maximum absolute atomic E-state index is 11.8. The predicted molar refractivity (Wildman–Crippen MR) is 58.3 cm³/mol. The van der Waals surface area contributed by atoms with Crippen LogP contribution in [0.15, 0.2) is 0 Å². The number of rotatable bonds is 9. The summed E-state index contributed by atoms with van der Waals surface area (Å²) in [5.41, 5.74) is 0. The van der Waals surface area contributed by atoms with Gasteiger partial charge in [0.2, 0.25) is 0 Å². The summed E-state index contributed by atoms with van der Waals surface area (Å²) in [5.74, 6) is -0.374. The summed E-state index contributed by atoms with van der Waals surface area (Å²) in [6.07, 6.45) is -0.129. The molecule has 0 aliphatic heterocycles. The van der Waals surface area contributed by atoms with E-state index in [1.807, 2.05) is 0 Å². The molecular formula is C9H19O6P. The molecule has 0 aliphatic carbocycles. The molecule has 0 aromatic carbocycles. The standard InChI is InChI=1S/C9H19O6P/c1-4-14-16(11,15-5-2)8-12-6-7-13-9(3)10/h4-8H2,1-3H3. The number of hydrogen-bond acceptors (Lipinski definition) is 6. The molecule has 0 unspecified atom stereocenters. The van der Waals surface area contributed by atoms with E-state index in [2.05, 4.69) is 4.74 Å². The Bertz CT molecular complexity index is 232. The highest BCUT2D eigenvalue weighted by molar-refractivity contribution is 7.53. The van der Waals surface area contributed by atoms with Crippen molar-refractivity contribution in [1.82, 2.24) is 0 Å². The highest BCUT2D eigenvalue weighted by atomic mass is 31.2. The molecule has 0 aliphatic rings. The summed E-state index contributed by atoms with van der Waals surface area (Å²) in [5, 5.41) is 0. The van der Waals surface area contributed by atoms with Crippen LogP contribution in [0.1, 0.15) is 20.8 Å². The molecule has 0 amide bonds. The van der Waals surface area contributed by atoms with Gasteiger partial charge in [0.15, 0.2) is 0 Å². The zero-order valence-corrected chi connectivity index (χ0v) is 10.8. The first-order valence-electron chi connectivity index (χ1n) is 5.13. The van der Waals surface area contributed by atoms with Crippen LogP contribution < -0.4 is 0 Å². The molecule has 0 saturated heterocycles. The number of esters is 1. The molecule has 0 aromatic heterocycles. The van der Waals surface area contributed by atoms with E-state index < -0.39 is 7.60 Å². The molecule has 6 nitrogen and oxygen atoms in total. The second kappa shape index (κ2) is 8.70. The molecule has 96 valence electrons. The van der Waals surface area contributed by atoms with Crippen molar-refractivity contribution in [3.8, 4) is 0 Å². The van der Waals surface area contributed by atoms with E-state index in [0.717, 1.165) is 0 Å². The average molecular weight is 254 g/mol. The summed E-state index contributed by atoms with van der Waals surface area (Å²) in [6.45, 7) is 5.66. The minimum absolute atomic E-state index is 0.129. The first-order chi connectivity index (χ1) is 7.54. The molecule has 7 heteroatoms. The van der Waals surface area contributed by atoms with Crippen molar-refractivity contribution < 1.29 is 27.9 Å². The minimum atomic E-state index is -3.15. The van der Waals surface area contributed by atoms with E-state index >= 15 is 0 Å². The van der Waals surface area contributed by atoms with Crippen LogP contribution in [-0.4, -0.2) is 38.7 Å². The Kier molecular flexibility index (Phi) is 8.47. The molecular weight excluding hydrogens is 235 g/mol. The Balaban J connectivity index is 3.76. The molecule has 0 spiro atoms. The van der Waals surface area contributed by atoms with Crippen molar-refractivity contribution in [1.29, 1.82) is 0 Å². The first-order valence-corrected chi connectivity index (χ1v) is 6.86. The lowest BCUT2D eigenvalue weighted by molar-refractivity contribution is -0.142. The molecule has 0 heterocycles. The zero-order chi connectivity index (χ0) is 12.4. The third-order valence-electron chi connectivity index (χ3n) is 1.43. The van der Waals surface area contributed by atoms with Crippen molar-refractivity contribution in [2.75, 3.05) is 32.8 Å². The number of carbonyl (C=O) groups excluding carboxylic acids is 1. The normalized spacial score (nSPS) is 11.4. The summed E-state index contributed by atoms with van der Waals surface area (Å²) in [6, 6.07) is 0. The van der Waals surface area contributed by atoms with E-state index in [1.54, 1.807) is 13.8 Å². The van der Waals surface area contributed by atoms with Gasteiger partial charge < -0.3 is 18.5 Å². The van der Waals surface area contributed by atoms with Crippen LogP contribution in [0.25, 0.3) is 0 Å². The van der Waals surface area contributed by atoms with Crippen LogP contribution in [0.2, 0.25) is 0 Å². The second-order valence-corrected chi connectivity index (χ2v) is 4.82. The lowest BCUT2D eigenvalue weighted by Crippen LogP contribution is -2.10. The van der Waals surface area contributed by atoms with Crippen LogP contribution in [0, 0.1) is 0 Å². The lowest BCUT2D eigenvalue weighted by atomic mass is 10.7. The Morgan fingerprint density at radius 2 is 1.69 bits per heavy atom. The van der Waals surface area contributed by atoms with Gasteiger partial charge in [-0.05, 0) is 13.8 Å². The van der Waals surface area contributed by atoms with Crippen molar-refractivity contribution in [3.63, 3.8) is 0 Å². The topological polar surface area (TPSA) is 71.1 Å². The molecule has 0 radical (unpaired) electrons. The molecule has 0 N–H and O–H groups in total. The summed E-state index contributed by atoms with van der Waals surface area (Å²) < 4.78 is 31.5. The fourth-order valence-corrected chi connectivity index (χ4v) is 2.29. The third-order valence-corrected chi connectivity index (χ3v) is 3.24. The smallest absolute Gasteiger partial charge is 0.356 e. The summed E-state index contributed by atoms with van der Waals surface area (Å²) in [7, 11) is -3.15. The summed E-state index contributed by atoms with van der Waals surface area (Å²) >= 11 is 0. The van der Waals surface area contributed by atoms with Gasteiger partial charge in [-0.15, -0.1) is 0 Å². The summed E-state index contributed by atoms with van der Waals surface area (Å²) in [4.78, 5) is 10.4. The average Bonchev–Trinajstić information content (AvgIpc) is 2.17. The van der Waals surface area contributed by atoms with E-state index in [0.29, 0.717) is 13.2 Å². The van der Waals surface area contributed by atoms with Crippen molar-refractivity contribution in [2.24, 2.45) is 0 Å². The molecule has 0 fully saturated rings. The highest BCUT2D eigenvalue weighted by Crippen LogP contribution is 2.47. The van der Waals surface area contributed by atoms with Crippen LogP contribution in [0.3, 0.4) is 0 Å². The monoisotopic (exact) mass is 254 g/mol. The van der Waals surface area contributed by atoms with Gasteiger partial charge in [-0.2, -0.15) is 0 Å². The lowest BCUT2D eigenvalue weighted by Gasteiger charge is -2.16. The molecule has 0 aromatic rings. The van der Waals surface area contributed by atoms with E-state index in [9.17, 15) is 9.36 Å². The minimum Gasteiger partial charge on any atom is -0.463 e. The maximum Gasteiger partial charge on any atom is 0.356 e. The Morgan fingerprint density at radius 1 is 1.12 bits per heavy atom. The first kappa shape index (κ1) is 15.6. The Morgan fingerprint density at radius 3 is 2.12 bits per heavy atom. The van der Waals surface area contributed by atoms with Gasteiger partial charge in [0, 0.05) is 6.92 Å². The van der Waals surface area contributed by atoms with Gasteiger partial charge in [-0.3, -0.25) is 9.36 Å². The molecule has 0 saturated carbocycles. The van der Waals surface area contributed by atoms with Gasteiger partial charge in [-0.25, -0.2) is 0 Å². The molecule has 0 rings (SSSR count). The second-order valence-electron chi connectivity index (χ2n) is 2.82. The molecule has 0 atom stereocenters. The van der Waals surface area contributed by atoms with Gasteiger partial charge in [-0.1, -0.05) is 0 Å². The SMILES string of the molecule is CCOP(=O)(COCCOC(C)=O)OCC. The predicted octanol–water partition coefficient (Wildman–Crippen LogP) is 1.79. The van der Waals surface area contributed by atoms with Crippen LogP contribution in [0.5, 0.6) is 0 Å². The van der Waals surface area contributed by atoms with Gasteiger partial charge in [0.05, 0.1) is 19.8 Å². The van der Waals surface area contributed by atoms with Gasteiger partial charge in [0.25, 0.3) is 0 Å². The maximum atomic E-state index is 11.8. The molecule has 16 heavy (non-hydrogen) atoms. The van der Waals surface area contributed by atoms with Gasteiger partial charge >= 0.3 is 13.6 Å². The van der Waals surface area contributed by atoms with E-state index in [4.69, 9.17) is 13.8 Å². The Hall–Kier alpha value is -0.420. The van der Waals surface area contributed by atoms with Crippen molar-refractivity contribution >= 4 is 13.6 Å². The Labute approximate surface area is 95.7 Å². The fraction of sp³-hybridized carbons (Fsp3) is 0.889. The third kappa shape index (κ3) is 7.82. The zero-order valence-electron chi connectivity index (χ0n) is 9.93. The highest BCUT2D eigenvalue weighted by Gasteiger charge is 2.23. The van der Waals surface area contributed by atoms with Crippen LogP contribution >= 0.6 is 7.60 Å². The van der Waals surface area contributed by atoms with E-state index in [-0.39, 0.29) is 25.5 Å². The van der Waals surface area contributed by atoms with Crippen LogP contribution in [-0.2, 0) is 27.9 Å². The van der Waals surface area contributed by atoms with E-state index in [1.165, 1.54) is 6.92 Å². The van der Waals surface area contributed by atoms with Crippen molar-refractivity contribution in [3.05, 3.63) is 0 Å². The number of carbonyl (C=O) groups is 1. The van der Waals surface area contributed by atoms with Gasteiger partial charge in [0.1, 0.15) is 13.0 Å². The number of ether oxygens (including phenoxy) is 2. The fourth-order valence-electron chi connectivity index (χ4n) is 0.926.